The Hall–Kier alpha value is -2.77. The molecule has 0 spiro atoms. The van der Waals surface area contributed by atoms with Crippen molar-refractivity contribution in [3.63, 3.8) is 0 Å². The third-order valence-electron chi connectivity index (χ3n) is 5.48. The van der Waals surface area contributed by atoms with E-state index < -0.39 is 0 Å². The molecule has 5 nitrogen and oxygen atoms in total. The zero-order chi connectivity index (χ0) is 23.4. The first kappa shape index (κ1) is 23.4. The number of carbonyl (C=O) groups is 2. The first-order chi connectivity index (χ1) is 15.9. The zero-order valence-corrected chi connectivity index (χ0v) is 21.3. The van der Waals surface area contributed by atoms with Gasteiger partial charge in [-0.25, -0.2) is 5.01 Å². The number of nitrogens with zero attached hydrogens (tertiary/aromatic N) is 2. The van der Waals surface area contributed by atoms with Gasteiger partial charge in [0.25, 0.3) is 0 Å². The Morgan fingerprint density at radius 1 is 0.970 bits per heavy atom. The second-order valence-electron chi connectivity index (χ2n) is 7.98. The SMILES string of the molecule is Cc1ccc(NC(=O)CCC(=O)N2N=C(c3ccc(Br)cc3)C[C@H]2c2cccc(Br)c2)cc1. The number of carbonyl (C=O) groups excluding carboxylic acids is 2. The Balaban J connectivity index is 1.49. The highest BCUT2D eigenvalue weighted by Crippen LogP contribution is 2.34. The van der Waals surface area contributed by atoms with E-state index in [1.54, 1.807) is 0 Å². The molecule has 0 saturated heterocycles. The average Bonchev–Trinajstić information content (AvgIpc) is 3.25. The van der Waals surface area contributed by atoms with E-state index in [0.717, 1.165) is 37.0 Å². The Kier molecular flexibility index (Phi) is 7.40. The van der Waals surface area contributed by atoms with E-state index in [1.807, 2.05) is 79.7 Å². The third-order valence-corrected chi connectivity index (χ3v) is 6.50. The van der Waals surface area contributed by atoms with Crippen LogP contribution in [0.2, 0.25) is 0 Å². The summed E-state index contributed by atoms with van der Waals surface area (Å²) >= 11 is 6.98. The van der Waals surface area contributed by atoms with Gasteiger partial charge in [0.15, 0.2) is 0 Å². The molecule has 168 valence electrons. The van der Waals surface area contributed by atoms with Crippen LogP contribution in [0.15, 0.2) is 86.8 Å². The van der Waals surface area contributed by atoms with Crippen molar-refractivity contribution in [3.8, 4) is 0 Å². The minimum atomic E-state index is -0.214. The molecule has 3 aromatic carbocycles. The number of halogens is 2. The fourth-order valence-corrected chi connectivity index (χ4v) is 4.41. The molecule has 1 heterocycles. The Labute approximate surface area is 210 Å². The van der Waals surface area contributed by atoms with Gasteiger partial charge in [-0.1, -0.05) is 73.8 Å². The van der Waals surface area contributed by atoms with E-state index in [4.69, 9.17) is 0 Å². The van der Waals surface area contributed by atoms with Gasteiger partial charge in [-0.15, -0.1) is 0 Å². The molecule has 1 N–H and O–H groups in total. The van der Waals surface area contributed by atoms with Gasteiger partial charge in [-0.2, -0.15) is 5.10 Å². The smallest absolute Gasteiger partial charge is 0.243 e. The lowest BCUT2D eigenvalue weighted by atomic mass is 9.98. The van der Waals surface area contributed by atoms with Gasteiger partial charge in [-0.3, -0.25) is 9.59 Å². The van der Waals surface area contributed by atoms with Crippen LogP contribution in [0.3, 0.4) is 0 Å². The van der Waals surface area contributed by atoms with Crippen molar-refractivity contribution < 1.29 is 9.59 Å². The summed E-state index contributed by atoms with van der Waals surface area (Å²) in [5.41, 5.74) is 4.67. The monoisotopic (exact) mass is 567 g/mol. The standard InChI is InChI=1S/C26H23Br2N3O2/c1-17-5-11-22(12-6-17)29-25(32)13-14-26(33)31-24(19-3-2-4-21(28)15-19)16-23(30-31)18-7-9-20(27)10-8-18/h2-12,15,24H,13-14,16H2,1H3,(H,29,32)/t24-/m0/s1. The molecule has 1 aliphatic rings. The van der Waals surface area contributed by atoms with Gasteiger partial charge in [0.2, 0.25) is 11.8 Å². The summed E-state index contributed by atoms with van der Waals surface area (Å²) in [7, 11) is 0. The predicted molar refractivity (Wildman–Crippen MR) is 138 cm³/mol. The van der Waals surface area contributed by atoms with Crippen molar-refractivity contribution in [1.29, 1.82) is 0 Å². The molecule has 0 aromatic heterocycles. The molecule has 0 fully saturated rings. The van der Waals surface area contributed by atoms with E-state index in [1.165, 1.54) is 5.01 Å². The summed E-state index contributed by atoms with van der Waals surface area (Å²) in [6, 6.07) is 23.2. The molecule has 0 unspecified atom stereocenters. The first-order valence-corrected chi connectivity index (χ1v) is 12.2. The third kappa shape index (κ3) is 5.97. The van der Waals surface area contributed by atoms with Crippen LogP contribution in [0.4, 0.5) is 5.69 Å². The van der Waals surface area contributed by atoms with E-state index in [0.29, 0.717) is 6.42 Å². The van der Waals surface area contributed by atoms with Crippen LogP contribution in [0.5, 0.6) is 0 Å². The number of rotatable bonds is 6. The van der Waals surface area contributed by atoms with Crippen molar-refractivity contribution in [2.24, 2.45) is 5.10 Å². The topological polar surface area (TPSA) is 61.8 Å². The van der Waals surface area contributed by atoms with Crippen LogP contribution in [-0.2, 0) is 9.59 Å². The van der Waals surface area contributed by atoms with Gasteiger partial charge in [0.05, 0.1) is 11.8 Å². The zero-order valence-electron chi connectivity index (χ0n) is 18.1. The Bertz CT molecular complexity index is 1190. The fourth-order valence-electron chi connectivity index (χ4n) is 3.73. The number of nitrogens with one attached hydrogen (secondary N) is 1. The Morgan fingerprint density at radius 3 is 2.39 bits per heavy atom. The van der Waals surface area contributed by atoms with E-state index in [-0.39, 0.29) is 30.7 Å². The van der Waals surface area contributed by atoms with Gasteiger partial charge >= 0.3 is 0 Å². The number of benzene rings is 3. The number of hydrogen-bond acceptors (Lipinski definition) is 3. The molecule has 2 amide bonds. The number of amides is 2. The molecule has 0 radical (unpaired) electrons. The maximum atomic E-state index is 13.2. The summed E-state index contributed by atoms with van der Waals surface area (Å²) in [6.07, 6.45) is 0.788. The molecular formula is C26H23Br2N3O2. The molecule has 4 rings (SSSR count). The quantitative estimate of drug-likeness (QED) is 0.363. The van der Waals surface area contributed by atoms with Crippen LogP contribution in [0.25, 0.3) is 0 Å². The second kappa shape index (κ2) is 10.4. The van der Waals surface area contributed by atoms with Crippen LogP contribution in [0, 0.1) is 6.92 Å². The van der Waals surface area contributed by atoms with Gasteiger partial charge in [0, 0.05) is 33.9 Å². The highest BCUT2D eigenvalue weighted by molar-refractivity contribution is 9.10. The highest BCUT2D eigenvalue weighted by Gasteiger charge is 2.33. The van der Waals surface area contributed by atoms with Crippen LogP contribution in [-0.4, -0.2) is 22.5 Å². The number of hydrazone groups is 1. The molecule has 0 saturated carbocycles. The summed E-state index contributed by atoms with van der Waals surface area (Å²) in [5.74, 6) is -0.367. The highest BCUT2D eigenvalue weighted by atomic mass is 79.9. The van der Waals surface area contributed by atoms with Gasteiger partial charge in [0.1, 0.15) is 0 Å². The lowest BCUT2D eigenvalue weighted by molar-refractivity contribution is -0.134. The summed E-state index contributed by atoms with van der Waals surface area (Å²) in [4.78, 5) is 25.6. The first-order valence-electron chi connectivity index (χ1n) is 10.7. The second-order valence-corrected chi connectivity index (χ2v) is 9.81. The predicted octanol–water partition coefficient (Wildman–Crippen LogP) is 6.62. The molecule has 7 heteroatoms. The maximum Gasteiger partial charge on any atom is 0.243 e. The van der Waals surface area contributed by atoms with Crippen molar-refractivity contribution in [1.82, 2.24) is 5.01 Å². The van der Waals surface area contributed by atoms with E-state index >= 15 is 0 Å². The molecule has 0 bridgehead atoms. The summed E-state index contributed by atoms with van der Waals surface area (Å²) in [5, 5.41) is 9.07. The minimum absolute atomic E-state index is 0.0827. The van der Waals surface area contributed by atoms with Gasteiger partial charge < -0.3 is 5.32 Å². The van der Waals surface area contributed by atoms with E-state index in [9.17, 15) is 9.59 Å². The molecular weight excluding hydrogens is 546 g/mol. The lowest BCUT2D eigenvalue weighted by Crippen LogP contribution is -2.28. The molecule has 1 atom stereocenters. The van der Waals surface area contributed by atoms with Crippen molar-refractivity contribution in [2.75, 3.05) is 5.32 Å². The fraction of sp³-hybridized carbons (Fsp3) is 0.192. The molecule has 1 aliphatic heterocycles. The number of aryl methyl sites for hydroxylation is 1. The lowest BCUT2D eigenvalue weighted by Gasteiger charge is -2.22. The van der Waals surface area contributed by atoms with Crippen LogP contribution < -0.4 is 5.32 Å². The Morgan fingerprint density at radius 2 is 1.70 bits per heavy atom. The van der Waals surface area contributed by atoms with Crippen molar-refractivity contribution in [3.05, 3.63) is 98.4 Å². The largest absolute Gasteiger partial charge is 0.326 e. The molecule has 3 aromatic rings. The van der Waals surface area contributed by atoms with Gasteiger partial charge in [-0.05, 0) is 54.4 Å². The van der Waals surface area contributed by atoms with E-state index in [2.05, 4.69) is 42.3 Å². The number of anilines is 1. The summed E-state index contributed by atoms with van der Waals surface area (Å²) in [6.45, 7) is 1.99. The molecule has 0 aliphatic carbocycles. The van der Waals surface area contributed by atoms with Crippen LogP contribution >= 0.6 is 31.9 Å². The maximum absolute atomic E-state index is 13.2. The number of hydrogen-bond donors (Lipinski definition) is 1. The normalized spacial score (nSPS) is 15.3. The van der Waals surface area contributed by atoms with Crippen molar-refractivity contribution in [2.45, 2.75) is 32.2 Å². The molecule has 33 heavy (non-hydrogen) atoms. The van der Waals surface area contributed by atoms with Crippen molar-refractivity contribution >= 4 is 55.1 Å². The summed E-state index contributed by atoms with van der Waals surface area (Å²) < 4.78 is 1.93. The average molecular weight is 569 g/mol. The van der Waals surface area contributed by atoms with Crippen LogP contribution in [0.1, 0.15) is 42.0 Å². The minimum Gasteiger partial charge on any atom is -0.326 e.